The third kappa shape index (κ3) is 5.81. The molecule has 1 N–H and O–H groups in total. The Bertz CT molecular complexity index is 632. The maximum Gasteiger partial charge on any atom is 0.222 e. The number of likely N-dealkylation sites (tertiary alicyclic amines) is 1. The lowest BCUT2D eigenvalue weighted by Crippen LogP contribution is -2.49. The lowest BCUT2D eigenvalue weighted by atomic mass is 9.78. The number of amides is 2. The second-order valence-electron chi connectivity index (χ2n) is 8.18. The Morgan fingerprint density at radius 2 is 1.86 bits per heavy atom. The van der Waals surface area contributed by atoms with E-state index in [2.05, 4.69) is 10.2 Å². The first-order valence-corrected chi connectivity index (χ1v) is 10.8. The summed E-state index contributed by atoms with van der Waals surface area (Å²) in [5, 5.41) is 2.93. The number of rotatable bonds is 8. The summed E-state index contributed by atoms with van der Waals surface area (Å²) in [6.07, 6.45) is 9.12. The molecule has 3 atom stereocenters. The van der Waals surface area contributed by atoms with E-state index in [0.29, 0.717) is 37.6 Å². The lowest BCUT2D eigenvalue weighted by Gasteiger charge is -2.44. The van der Waals surface area contributed by atoms with Crippen molar-refractivity contribution < 1.29 is 14.3 Å². The molecule has 0 aromatic heterocycles. The number of piperidine rings is 1. The van der Waals surface area contributed by atoms with Crippen LogP contribution in [0.3, 0.4) is 0 Å². The van der Waals surface area contributed by atoms with Crippen LogP contribution >= 0.6 is 0 Å². The van der Waals surface area contributed by atoms with Crippen molar-refractivity contribution in [3.63, 3.8) is 0 Å². The monoisotopic (exact) mass is 386 g/mol. The van der Waals surface area contributed by atoms with Crippen LogP contribution in [0.15, 0.2) is 30.3 Å². The highest BCUT2D eigenvalue weighted by Gasteiger charge is 2.35. The first-order valence-electron chi connectivity index (χ1n) is 10.8. The van der Waals surface area contributed by atoms with Gasteiger partial charge in [-0.05, 0) is 43.6 Å². The van der Waals surface area contributed by atoms with Gasteiger partial charge in [0, 0.05) is 39.0 Å². The van der Waals surface area contributed by atoms with Crippen molar-refractivity contribution in [2.75, 3.05) is 13.7 Å². The van der Waals surface area contributed by atoms with Crippen molar-refractivity contribution in [3.05, 3.63) is 35.9 Å². The average Bonchev–Trinajstić information content (AvgIpc) is 2.73. The molecule has 1 aromatic carbocycles. The predicted octanol–water partition coefficient (Wildman–Crippen LogP) is 3.67. The zero-order valence-electron chi connectivity index (χ0n) is 17.1. The van der Waals surface area contributed by atoms with E-state index >= 15 is 0 Å². The van der Waals surface area contributed by atoms with Gasteiger partial charge < -0.3 is 15.0 Å². The van der Waals surface area contributed by atoms with E-state index in [0.717, 1.165) is 24.9 Å². The molecule has 1 aliphatic heterocycles. The minimum absolute atomic E-state index is 0.0511. The van der Waals surface area contributed by atoms with Crippen LogP contribution in [0.1, 0.15) is 63.4 Å². The highest BCUT2D eigenvalue weighted by Crippen LogP contribution is 2.35. The molecule has 3 rings (SSSR count). The summed E-state index contributed by atoms with van der Waals surface area (Å²) < 4.78 is 5.40. The average molecular weight is 387 g/mol. The topological polar surface area (TPSA) is 58.6 Å². The molecular formula is C23H34N2O3. The summed E-state index contributed by atoms with van der Waals surface area (Å²) in [7, 11) is 1.61. The number of fused-ring (bicyclic) bond motifs is 1. The molecule has 2 fully saturated rings. The van der Waals surface area contributed by atoms with Gasteiger partial charge in [-0.25, -0.2) is 0 Å². The van der Waals surface area contributed by atoms with Gasteiger partial charge in [0.05, 0.1) is 0 Å². The van der Waals surface area contributed by atoms with Gasteiger partial charge in [-0.1, -0.05) is 43.2 Å². The number of benzene rings is 1. The summed E-state index contributed by atoms with van der Waals surface area (Å²) in [5.74, 6) is 0.886. The molecule has 1 aliphatic carbocycles. The predicted molar refractivity (Wildman–Crippen MR) is 110 cm³/mol. The number of methoxy groups -OCH3 is 1. The normalized spacial score (nSPS) is 23.0. The number of nitrogens with zero attached hydrogens (tertiary/aromatic N) is 1. The van der Waals surface area contributed by atoms with Gasteiger partial charge in [-0.2, -0.15) is 0 Å². The quantitative estimate of drug-likeness (QED) is 0.694. The van der Waals surface area contributed by atoms with E-state index in [1.807, 2.05) is 30.3 Å². The fourth-order valence-corrected chi connectivity index (χ4v) is 4.75. The molecular weight excluding hydrogens is 352 g/mol. The van der Waals surface area contributed by atoms with E-state index in [9.17, 15) is 9.59 Å². The number of ether oxygens (including phenoxy) is 1. The van der Waals surface area contributed by atoms with Crippen LogP contribution in [0.4, 0.5) is 0 Å². The van der Waals surface area contributed by atoms with Crippen LogP contribution in [0.2, 0.25) is 0 Å². The standard InChI is InChI=1S/C23H34N2O3/c1-28-22(17-18-9-3-2-4-10-18)24-21(26)14-7-15-23(27)25-16-8-12-19-11-5-6-13-20(19)25/h2-4,9-10,19-20,22H,5-8,11-17H2,1H3,(H,24,26). The SMILES string of the molecule is COC(Cc1ccccc1)NC(=O)CCCC(=O)N1CCCC2CCCCC21. The van der Waals surface area contributed by atoms with Crippen molar-refractivity contribution in [1.29, 1.82) is 0 Å². The fraction of sp³-hybridized carbons (Fsp3) is 0.652. The van der Waals surface area contributed by atoms with E-state index < -0.39 is 0 Å². The van der Waals surface area contributed by atoms with Gasteiger partial charge >= 0.3 is 0 Å². The van der Waals surface area contributed by atoms with Gasteiger partial charge in [0.2, 0.25) is 11.8 Å². The smallest absolute Gasteiger partial charge is 0.222 e. The molecule has 1 saturated heterocycles. The molecule has 1 aromatic rings. The van der Waals surface area contributed by atoms with Gasteiger partial charge in [-0.15, -0.1) is 0 Å². The van der Waals surface area contributed by atoms with Crippen LogP contribution < -0.4 is 5.32 Å². The number of hydrogen-bond acceptors (Lipinski definition) is 3. The highest BCUT2D eigenvalue weighted by molar-refractivity contribution is 5.79. The summed E-state index contributed by atoms with van der Waals surface area (Å²) in [6.45, 7) is 0.898. The summed E-state index contributed by atoms with van der Waals surface area (Å²) in [6, 6.07) is 10.4. The maximum atomic E-state index is 12.7. The zero-order valence-corrected chi connectivity index (χ0v) is 17.1. The Balaban J connectivity index is 1.40. The molecule has 3 unspecified atom stereocenters. The number of hydrogen-bond donors (Lipinski definition) is 1. The molecule has 5 nitrogen and oxygen atoms in total. The first-order chi connectivity index (χ1) is 13.7. The third-order valence-corrected chi connectivity index (χ3v) is 6.23. The minimum atomic E-state index is -0.337. The number of carbonyl (C=O) groups is 2. The van der Waals surface area contributed by atoms with Crippen molar-refractivity contribution in [2.45, 2.75) is 76.5 Å². The minimum Gasteiger partial charge on any atom is -0.361 e. The van der Waals surface area contributed by atoms with Crippen LogP contribution in [-0.2, 0) is 20.7 Å². The second kappa shape index (κ2) is 10.6. The van der Waals surface area contributed by atoms with Crippen molar-refractivity contribution >= 4 is 11.8 Å². The molecule has 28 heavy (non-hydrogen) atoms. The van der Waals surface area contributed by atoms with Crippen LogP contribution in [-0.4, -0.2) is 42.6 Å². The van der Waals surface area contributed by atoms with Gasteiger partial charge in [0.15, 0.2) is 0 Å². The van der Waals surface area contributed by atoms with Crippen molar-refractivity contribution in [1.82, 2.24) is 10.2 Å². The Kier molecular flexibility index (Phi) is 7.90. The molecule has 0 bridgehead atoms. The molecule has 0 spiro atoms. The van der Waals surface area contributed by atoms with Crippen molar-refractivity contribution in [3.8, 4) is 0 Å². The summed E-state index contributed by atoms with van der Waals surface area (Å²) in [5.41, 5.74) is 1.12. The molecule has 5 heteroatoms. The maximum absolute atomic E-state index is 12.7. The molecule has 154 valence electrons. The Morgan fingerprint density at radius 3 is 2.64 bits per heavy atom. The molecule has 0 radical (unpaired) electrons. The van der Waals surface area contributed by atoms with E-state index in [-0.39, 0.29) is 18.0 Å². The lowest BCUT2D eigenvalue weighted by molar-refractivity contribution is -0.137. The van der Waals surface area contributed by atoms with E-state index in [1.165, 1.54) is 25.7 Å². The van der Waals surface area contributed by atoms with Gasteiger partial charge in [-0.3, -0.25) is 9.59 Å². The van der Waals surface area contributed by atoms with E-state index in [1.54, 1.807) is 7.11 Å². The highest BCUT2D eigenvalue weighted by atomic mass is 16.5. The second-order valence-corrected chi connectivity index (χ2v) is 8.18. The van der Waals surface area contributed by atoms with Crippen LogP contribution in [0.5, 0.6) is 0 Å². The van der Waals surface area contributed by atoms with E-state index in [4.69, 9.17) is 4.74 Å². The Labute approximate surface area is 168 Å². The molecule has 1 saturated carbocycles. The van der Waals surface area contributed by atoms with Gasteiger partial charge in [0.25, 0.3) is 0 Å². The summed E-state index contributed by atoms with van der Waals surface area (Å²) >= 11 is 0. The summed E-state index contributed by atoms with van der Waals surface area (Å²) in [4.78, 5) is 27.1. The molecule has 2 aliphatic rings. The van der Waals surface area contributed by atoms with Crippen LogP contribution in [0.25, 0.3) is 0 Å². The molecule has 1 heterocycles. The Hall–Kier alpha value is -1.88. The fourth-order valence-electron chi connectivity index (χ4n) is 4.75. The molecule has 2 amide bonds. The number of carbonyl (C=O) groups excluding carboxylic acids is 2. The zero-order chi connectivity index (χ0) is 19.8. The van der Waals surface area contributed by atoms with Crippen LogP contribution in [0, 0.1) is 5.92 Å². The third-order valence-electron chi connectivity index (χ3n) is 6.23. The number of nitrogens with one attached hydrogen (secondary N) is 1. The Morgan fingerprint density at radius 1 is 1.11 bits per heavy atom. The van der Waals surface area contributed by atoms with Crippen molar-refractivity contribution in [2.24, 2.45) is 5.92 Å². The first kappa shape index (κ1) is 20.8. The largest absolute Gasteiger partial charge is 0.361 e. The van der Waals surface area contributed by atoms with Gasteiger partial charge in [0.1, 0.15) is 6.23 Å².